The summed E-state index contributed by atoms with van der Waals surface area (Å²) in [7, 11) is 0. The van der Waals surface area contributed by atoms with Crippen molar-refractivity contribution in [2.75, 3.05) is 13.1 Å². The Balaban J connectivity index is 1.82. The number of aryl methyl sites for hydroxylation is 1. The van der Waals surface area contributed by atoms with Gasteiger partial charge in [0, 0.05) is 6.92 Å². The lowest BCUT2D eigenvalue weighted by Gasteiger charge is -2.21. The zero-order valence-electron chi connectivity index (χ0n) is 9.63. The quantitative estimate of drug-likeness (QED) is 0.817. The lowest BCUT2D eigenvalue weighted by atomic mass is 10.1. The van der Waals surface area contributed by atoms with E-state index in [1.54, 1.807) is 6.92 Å². The summed E-state index contributed by atoms with van der Waals surface area (Å²) in [6.45, 7) is 3.82. The van der Waals surface area contributed by atoms with Crippen molar-refractivity contribution < 1.29 is 4.52 Å². The second-order valence-corrected chi connectivity index (χ2v) is 4.20. The normalized spacial score (nSPS) is 17.5. The first kappa shape index (κ1) is 10.4. The zero-order valence-corrected chi connectivity index (χ0v) is 9.63. The molecule has 3 heterocycles. The highest BCUT2D eigenvalue weighted by Gasteiger charge is 2.18. The van der Waals surface area contributed by atoms with Crippen LogP contribution >= 0.6 is 0 Å². The molecule has 0 aromatic carbocycles. The molecule has 0 amide bonds. The maximum atomic E-state index is 4.93. The Bertz CT molecular complexity index is 498. The number of hydrogen-bond donors (Lipinski definition) is 1. The van der Waals surface area contributed by atoms with Crippen LogP contribution in [0.5, 0.6) is 0 Å². The van der Waals surface area contributed by atoms with E-state index in [1.807, 2.05) is 10.9 Å². The average Bonchev–Trinajstić information content (AvgIpc) is 2.98. The average molecular weight is 234 g/mol. The molecule has 0 spiro atoms. The molecular weight excluding hydrogens is 220 g/mol. The van der Waals surface area contributed by atoms with E-state index in [0.29, 0.717) is 23.5 Å². The molecule has 0 radical (unpaired) electrons. The summed E-state index contributed by atoms with van der Waals surface area (Å²) >= 11 is 0. The Morgan fingerprint density at radius 2 is 2.24 bits per heavy atom. The molecule has 1 aliphatic heterocycles. The van der Waals surface area contributed by atoms with Crippen LogP contribution in [-0.2, 0) is 0 Å². The summed E-state index contributed by atoms with van der Waals surface area (Å²) in [5.74, 6) is 1.04. The molecule has 7 nitrogen and oxygen atoms in total. The van der Waals surface area contributed by atoms with Crippen LogP contribution in [0.15, 0.2) is 10.7 Å². The van der Waals surface area contributed by atoms with E-state index in [4.69, 9.17) is 4.52 Å². The molecular formula is C10H14N6O. The second-order valence-electron chi connectivity index (χ2n) is 4.20. The lowest BCUT2D eigenvalue weighted by molar-refractivity contribution is 0.337. The van der Waals surface area contributed by atoms with Crippen molar-refractivity contribution in [3.63, 3.8) is 0 Å². The topological polar surface area (TPSA) is 81.7 Å². The summed E-state index contributed by atoms with van der Waals surface area (Å²) in [4.78, 5) is 4.13. The minimum Gasteiger partial charge on any atom is -0.339 e. The minimum atomic E-state index is 0.422. The van der Waals surface area contributed by atoms with E-state index in [1.165, 1.54) is 0 Å². The molecule has 1 fully saturated rings. The molecule has 0 aliphatic carbocycles. The first-order chi connectivity index (χ1) is 8.33. The Hall–Kier alpha value is -1.76. The number of piperidine rings is 1. The first-order valence-electron chi connectivity index (χ1n) is 5.76. The third kappa shape index (κ3) is 2.05. The van der Waals surface area contributed by atoms with E-state index in [-0.39, 0.29) is 0 Å². The van der Waals surface area contributed by atoms with Gasteiger partial charge in [0.1, 0.15) is 0 Å². The van der Waals surface area contributed by atoms with Crippen molar-refractivity contribution in [1.29, 1.82) is 0 Å². The third-order valence-electron chi connectivity index (χ3n) is 2.95. The standard InChI is InChI=1S/C10H14N6O/c1-7-12-10(14-17-7)9-6-16(15-13-9)8-2-4-11-5-3-8/h6,8,11H,2-5H2,1H3. The molecule has 17 heavy (non-hydrogen) atoms. The molecule has 90 valence electrons. The molecule has 0 saturated carbocycles. The summed E-state index contributed by atoms with van der Waals surface area (Å²) in [5.41, 5.74) is 0.667. The predicted octanol–water partition coefficient (Wildman–Crippen LogP) is 0.561. The highest BCUT2D eigenvalue weighted by molar-refractivity contribution is 5.45. The number of rotatable bonds is 2. The van der Waals surface area contributed by atoms with Crippen LogP contribution in [0.3, 0.4) is 0 Å². The van der Waals surface area contributed by atoms with Crippen LogP contribution in [0.2, 0.25) is 0 Å². The van der Waals surface area contributed by atoms with Gasteiger partial charge in [-0.3, -0.25) is 0 Å². The van der Waals surface area contributed by atoms with Crippen LogP contribution in [0.25, 0.3) is 11.5 Å². The van der Waals surface area contributed by atoms with Gasteiger partial charge >= 0.3 is 0 Å². The maximum absolute atomic E-state index is 4.93. The Morgan fingerprint density at radius 3 is 2.94 bits per heavy atom. The van der Waals surface area contributed by atoms with Gasteiger partial charge in [-0.05, 0) is 25.9 Å². The Kier molecular flexibility index (Phi) is 2.60. The fourth-order valence-electron chi connectivity index (χ4n) is 2.03. The molecule has 2 aromatic rings. The molecule has 1 aliphatic rings. The molecule has 7 heteroatoms. The monoisotopic (exact) mass is 234 g/mol. The molecule has 2 aromatic heterocycles. The van der Waals surface area contributed by atoms with Gasteiger partial charge < -0.3 is 9.84 Å². The number of nitrogens with one attached hydrogen (secondary N) is 1. The smallest absolute Gasteiger partial charge is 0.224 e. The van der Waals surface area contributed by atoms with Gasteiger partial charge in [-0.25, -0.2) is 4.68 Å². The van der Waals surface area contributed by atoms with Gasteiger partial charge in [-0.15, -0.1) is 5.10 Å². The molecule has 1 N–H and O–H groups in total. The van der Waals surface area contributed by atoms with Gasteiger partial charge in [-0.1, -0.05) is 10.4 Å². The van der Waals surface area contributed by atoms with E-state index in [9.17, 15) is 0 Å². The van der Waals surface area contributed by atoms with Crippen molar-refractivity contribution in [2.24, 2.45) is 0 Å². The highest BCUT2D eigenvalue weighted by atomic mass is 16.5. The lowest BCUT2D eigenvalue weighted by Crippen LogP contribution is -2.29. The van der Waals surface area contributed by atoms with Gasteiger partial charge in [0.25, 0.3) is 0 Å². The number of hydrogen-bond acceptors (Lipinski definition) is 6. The predicted molar refractivity (Wildman–Crippen MR) is 59.2 cm³/mol. The highest BCUT2D eigenvalue weighted by Crippen LogP contribution is 2.19. The Labute approximate surface area is 98.2 Å². The van der Waals surface area contributed by atoms with E-state index >= 15 is 0 Å². The summed E-state index contributed by atoms with van der Waals surface area (Å²) < 4.78 is 6.83. The molecule has 1 saturated heterocycles. The molecule has 0 atom stereocenters. The van der Waals surface area contributed by atoms with Crippen molar-refractivity contribution in [1.82, 2.24) is 30.5 Å². The van der Waals surface area contributed by atoms with Gasteiger partial charge in [0.05, 0.1) is 12.2 Å². The molecule has 0 bridgehead atoms. The molecule has 3 rings (SSSR count). The number of aromatic nitrogens is 5. The molecule has 0 unspecified atom stereocenters. The van der Waals surface area contributed by atoms with Crippen molar-refractivity contribution >= 4 is 0 Å². The van der Waals surface area contributed by atoms with Crippen LogP contribution in [0, 0.1) is 6.92 Å². The van der Waals surface area contributed by atoms with Gasteiger partial charge in [0.15, 0.2) is 5.69 Å². The third-order valence-corrected chi connectivity index (χ3v) is 2.95. The van der Waals surface area contributed by atoms with Crippen molar-refractivity contribution in [2.45, 2.75) is 25.8 Å². The van der Waals surface area contributed by atoms with Crippen LogP contribution in [0.1, 0.15) is 24.8 Å². The van der Waals surface area contributed by atoms with Crippen LogP contribution in [0.4, 0.5) is 0 Å². The minimum absolute atomic E-state index is 0.422. The zero-order chi connectivity index (χ0) is 11.7. The van der Waals surface area contributed by atoms with Crippen LogP contribution in [-0.4, -0.2) is 38.2 Å². The summed E-state index contributed by atoms with van der Waals surface area (Å²) in [6.07, 6.45) is 4.04. The fraction of sp³-hybridized carbons (Fsp3) is 0.600. The van der Waals surface area contributed by atoms with Crippen molar-refractivity contribution in [3.05, 3.63) is 12.1 Å². The number of nitrogens with zero attached hydrogens (tertiary/aromatic N) is 5. The largest absolute Gasteiger partial charge is 0.339 e. The summed E-state index contributed by atoms with van der Waals surface area (Å²) in [6, 6.07) is 0.422. The SMILES string of the molecule is Cc1nc(-c2cn(C3CCNCC3)nn2)no1. The van der Waals surface area contributed by atoms with Gasteiger partial charge in [0.2, 0.25) is 11.7 Å². The first-order valence-corrected chi connectivity index (χ1v) is 5.76. The van der Waals surface area contributed by atoms with E-state index < -0.39 is 0 Å². The summed E-state index contributed by atoms with van der Waals surface area (Å²) in [5, 5.41) is 15.4. The van der Waals surface area contributed by atoms with E-state index in [0.717, 1.165) is 25.9 Å². The fourth-order valence-corrected chi connectivity index (χ4v) is 2.03. The Morgan fingerprint density at radius 1 is 1.41 bits per heavy atom. The van der Waals surface area contributed by atoms with E-state index in [2.05, 4.69) is 25.8 Å². The van der Waals surface area contributed by atoms with Crippen LogP contribution < -0.4 is 5.32 Å². The second kappa shape index (κ2) is 4.25. The van der Waals surface area contributed by atoms with Gasteiger partial charge in [-0.2, -0.15) is 4.98 Å². The maximum Gasteiger partial charge on any atom is 0.224 e. The van der Waals surface area contributed by atoms with Crippen molar-refractivity contribution in [3.8, 4) is 11.5 Å².